The average molecular weight is 161 g/mol. The summed E-state index contributed by atoms with van der Waals surface area (Å²) in [7, 11) is 0. The van der Waals surface area contributed by atoms with E-state index in [1.165, 1.54) is 0 Å². The molecule has 0 aliphatic rings. The highest BCUT2D eigenvalue weighted by Gasteiger charge is 1.99. The molecule has 0 unspecified atom stereocenters. The van der Waals surface area contributed by atoms with Gasteiger partial charge in [-0.1, -0.05) is 0 Å². The van der Waals surface area contributed by atoms with Crippen LogP contribution >= 0.6 is 0 Å². The Morgan fingerprint density at radius 3 is 2.50 bits per heavy atom. The number of aromatic amines is 1. The molecule has 2 aromatic heterocycles. The van der Waals surface area contributed by atoms with Gasteiger partial charge in [0.05, 0.1) is 29.8 Å². The summed E-state index contributed by atoms with van der Waals surface area (Å²) in [5.74, 6) is 0.623. The quantitative estimate of drug-likeness (QED) is 0.636. The first-order chi connectivity index (χ1) is 5.86. The van der Waals surface area contributed by atoms with Crippen molar-refractivity contribution in [2.45, 2.75) is 0 Å². The molecule has 0 saturated heterocycles. The van der Waals surface area contributed by atoms with Crippen molar-refractivity contribution in [1.29, 1.82) is 0 Å². The van der Waals surface area contributed by atoms with Crippen molar-refractivity contribution in [3.63, 3.8) is 0 Å². The van der Waals surface area contributed by atoms with E-state index in [1.807, 2.05) is 0 Å². The number of hydrogen-bond donors (Lipinski definition) is 2. The van der Waals surface area contributed by atoms with Crippen molar-refractivity contribution < 1.29 is 0 Å². The maximum Gasteiger partial charge on any atom is 0.162 e. The predicted octanol–water partition coefficient (Wildman–Crippen LogP) is 0.449. The van der Waals surface area contributed by atoms with Gasteiger partial charge in [-0.25, -0.2) is 9.97 Å². The van der Waals surface area contributed by atoms with Crippen LogP contribution in [0.3, 0.4) is 0 Å². The van der Waals surface area contributed by atoms with Crippen LogP contribution in [0.15, 0.2) is 24.8 Å². The molecule has 0 saturated carbocycles. The number of rotatable bonds is 1. The zero-order valence-corrected chi connectivity index (χ0v) is 6.23. The van der Waals surface area contributed by atoms with E-state index in [4.69, 9.17) is 5.73 Å². The fourth-order valence-electron chi connectivity index (χ4n) is 0.860. The number of H-pyrrole nitrogens is 1. The molecule has 0 atom stereocenters. The van der Waals surface area contributed by atoms with Gasteiger partial charge in [-0.3, -0.25) is 5.10 Å². The van der Waals surface area contributed by atoms with Crippen LogP contribution in [0.25, 0.3) is 11.4 Å². The summed E-state index contributed by atoms with van der Waals surface area (Å²) in [6.45, 7) is 0. The normalized spacial score (nSPS) is 10.0. The molecule has 0 aromatic carbocycles. The van der Waals surface area contributed by atoms with Gasteiger partial charge >= 0.3 is 0 Å². The van der Waals surface area contributed by atoms with Crippen LogP contribution in [0.5, 0.6) is 0 Å². The van der Waals surface area contributed by atoms with Gasteiger partial charge in [0.25, 0.3) is 0 Å². The third-order valence-electron chi connectivity index (χ3n) is 1.43. The summed E-state index contributed by atoms with van der Waals surface area (Å²) in [6.07, 6.45) is 6.52. The second-order valence-corrected chi connectivity index (χ2v) is 2.33. The molecule has 0 spiro atoms. The fourth-order valence-corrected chi connectivity index (χ4v) is 0.860. The number of hydrogen-bond acceptors (Lipinski definition) is 4. The summed E-state index contributed by atoms with van der Waals surface area (Å²) in [4.78, 5) is 8.05. The van der Waals surface area contributed by atoms with E-state index in [-0.39, 0.29) is 0 Å². The van der Waals surface area contributed by atoms with Gasteiger partial charge in [-0.15, -0.1) is 0 Å². The highest BCUT2D eigenvalue weighted by Crippen LogP contribution is 2.11. The zero-order valence-electron chi connectivity index (χ0n) is 6.23. The van der Waals surface area contributed by atoms with E-state index >= 15 is 0 Å². The van der Waals surface area contributed by atoms with Crippen molar-refractivity contribution in [3.05, 3.63) is 24.8 Å². The van der Waals surface area contributed by atoms with E-state index in [1.54, 1.807) is 24.8 Å². The average Bonchev–Trinajstić information content (AvgIpc) is 2.58. The minimum Gasteiger partial charge on any atom is -0.396 e. The summed E-state index contributed by atoms with van der Waals surface area (Å²) in [5.41, 5.74) is 6.85. The van der Waals surface area contributed by atoms with Crippen molar-refractivity contribution in [2.24, 2.45) is 0 Å². The fraction of sp³-hybridized carbons (Fsp3) is 0. The van der Waals surface area contributed by atoms with Gasteiger partial charge in [0.2, 0.25) is 0 Å². The maximum absolute atomic E-state index is 5.43. The lowest BCUT2D eigenvalue weighted by molar-refractivity contribution is 1.09. The van der Waals surface area contributed by atoms with Crippen molar-refractivity contribution in [3.8, 4) is 11.4 Å². The van der Waals surface area contributed by atoms with E-state index in [0.717, 1.165) is 5.56 Å². The van der Waals surface area contributed by atoms with Crippen LogP contribution in [0.1, 0.15) is 0 Å². The molecule has 2 rings (SSSR count). The first-order valence-electron chi connectivity index (χ1n) is 3.43. The minimum atomic E-state index is 0.558. The van der Waals surface area contributed by atoms with Crippen LogP contribution in [-0.2, 0) is 0 Å². The summed E-state index contributed by atoms with van der Waals surface area (Å²) < 4.78 is 0. The Labute approximate surface area is 68.7 Å². The van der Waals surface area contributed by atoms with Gasteiger partial charge in [0, 0.05) is 6.20 Å². The molecule has 0 radical (unpaired) electrons. The Balaban J connectivity index is 2.43. The lowest BCUT2D eigenvalue weighted by Gasteiger charge is -1.94. The number of nitrogen functional groups attached to an aromatic ring is 1. The molecule has 0 aliphatic heterocycles. The number of anilines is 1. The van der Waals surface area contributed by atoms with Gasteiger partial charge in [0.15, 0.2) is 5.82 Å². The van der Waals surface area contributed by atoms with E-state index in [9.17, 15) is 0 Å². The third-order valence-corrected chi connectivity index (χ3v) is 1.43. The van der Waals surface area contributed by atoms with Crippen LogP contribution in [-0.4, -0.2) is 20.2 Å². The van der Waals surface area contributed by atoms with Gasteiger partial charge in [0.1, 0.15) is 0 Å². The van der Waals surface area contributed by atoms with Crippen LogP contribution in [0, 0.1) is 0 Å². The topological polar surface area (TPSA) is 80.5 Å². The maximum atomic E-state index is 5.43. The molecule has 0 amide bonds. The van der Waals surface area contributed by atoms with E-state index in [0.29, 0.717) is 11.5 Å². The van der Waals surface area contributed by atoms with Crippen LogP contribution in [0.2, 0.25) is 0 Å². The van der Waals surface area contributed by atoms with Crippen LogP contribution in [0.4, 0.5) is 5.69 Å². The molecule has 0 fully saturated rings. The Hall–Kier alpha value is -1.91. The molecule has 2 heterocycles. The van der Waals surface area contributed by atoms with Crippen molar-refractivity contribution >= 4 is 5.69 Å². The number of nitrogens with one attached hydrogen (secondary N) is 1. The molecular weight excluding hydrogens is 154 g/mol. The first-order valence-corrected chi connectivity index (χ1v) is 3.43. The number of nitrogens with two attached hydrogens (primary N) is 1. The Morgan fingerprint density at radius 2 is 1.92 bits per heavy atom. The highest BCUT2D eigenvalue weighted by atomic mass is 15.1. The molecular formula is C7H7N5. The lowest BCUT2D eigenvalue weighted by atomic mass is 10.3. The minimum absolute atomic E-state index is 0.558. The molecule has 0 bridgehead atoms. The predicted molar refractivity (Wildman–Crippen MR) is 44.0 cm³/mol. The van der Waals surface area contributed by atoms with Crippen LogP contribution < -0.4 is 5.73 Å². The molecule has 2 aromatic rings. The van der Waals surface area contributed by atoms with E-state index < -0.39 is 0 Å². The number of aromatic nitrogens is 4. The molecule has 12 heavy (non-hydrogen) atoms. The standard InChI is InChI=1S/C7H7N5/c8-6-3-9-7(10-4-6)5-1-11-12-2-5/h1-4H,8H2,(H,11,12). The second-order valence-electron chi connectivity index (χ2n) is 2.33. The highest BCUT2D eigenvalue weighted by molar-refractivity contribution is 5.52. The lowest BCUT2D eigenvalue weighted by Crippen LogP contribution is -1.90. The van der Waals surface area contributed by atoms with Crippen molar-refractivity contribution in [2.75, 3.05) is 5.73 Å². The smallest absolute Gasteiger partial charge is 0.162 e. The third kappa shape index (κ3) is 1.12. The molecule has 60 valence electrons. The van der Waals surface area contributed by atoms with Gasteiger partial charge < -0.3 is 5.73 Å². The largest absolute Gasteiger partial charge is 0.396 e. The SMILES string of the molecule is Nc1cnc(-c2cn[nH]c2)nc1. The molecule has 5 heteroatoms. The summed E-state index contributed by atoms with van der Waals surface area (Å²) in [5, 5.41) is 6.47. The Morgan fingerprint density at radius 1 is 1.17 bits per heavy atom. The second kappa shape index (κ2) is 2.61. The first kappa shape index (κ1) is 6.78. The monoisotopic (exact) mass is 161 g/mol. The summed E-state index contributed by atoms with van der Waals surface area (Å²) in [6, 6.07) is 0. The Kier molecular flexibility index (Phi) is 1.48. The van der Waals surface area contributed by atoms with Gasteiger partial charge in [-0.05, 0) is 0 Å². The Bertz CT molecular complexity index is 350. The van der Waals surface area contributed by atoms with Crippen molar-refractivity contribution in [1.82, 2.24) is 20.2 Å². The summed E-state index contributed by atoms with van der Waals surface area (Å²) >= 11 is 0. The number of nitrogens with zero attached hydrogens (tertiary/aromatic N) is 3. The molecule has 0 aliphatic carbocycles. The van der Waals surface area contributed by atoms with Gasteiger partial charge in [-0.2, -0.15) is 5.10 Å². The van der Waals surface area contributed by atoms with E-state index in [2.05, 4.69) is 20.2 Å². The zero-order chi connectivity index (χ0) is 8.39. The molecule has 3 N–H and O–H groups in total. The molecule has 5 nitrogen and oxygen atoms in total.